The summed E-state index contributed by atoms with van der Waals surface area (Å²) in [7, 11) is 0. The van der Waals surface area contributed by atoms with Crippen LogP contribution in [0.15, 0.2) is 42.6 Å². The van der Waals surface area contributed by atoms with Gasteiger partial charge in [0, 0.05) is 44.5 Å². The molecule has 0 bridgehead atoms. The average molecular weight is 557 g/mol. The fraction of sp³-hybridized carbons (Fsp3) is 0.438. The highest BCUT2D eigenvalue weighted by molar-refractivity contribution is 5.97. The van der Waals surface area contributed by atoms with Crippen molar-refractivity contribution >= 4 is 17.4 Å². The van der Waals surface area contributed by atoms with Gasteiger partial charge in [-0.2, -0.15) is 10.4 Å². The lowest BCUT2D eigenvalue weighted by atomic mass is 9.83. The molecule has 2 aromatic carbocycles. The van der Waals surface area contributed by atoms with E-state index in [9.17, 15) is 19.6 Å². The van der Waals surface area contributed by atoms with E-state index in [0.29, 0.717) is 36.9 Å². The van der Waals surface area contributed by atoms with Crippen molar-refractivity contribution in [3.8, 4) is 6.07 Å². The lowest BCUT2D eigenvalue weighted by Gasteiger charge is -2.41. The molecule has 1 aromatic heterocycles. The fourth-order valence-electron chi connectivity index (χ4n) is 6.51. The number of piperidine rings is 1. The van der Waals surface area contributed by atoms with Crippen LogP contribution < -0.4 is 9.80 Å². The van der Waals surface area contributed by atoms with E-state index in [-0.39, 0.29) is 18.6 Å². The summed E-state index contributed by atoms with van der Waals surface area (Å²) in [6.45, 7) is 9.26. The molecule has 1 atom stereocenters. The number of aliphatic hydroxyl groups excluding tert-OH is 1. The Morgan fingerprint density at radius 2 is 1.88 bits per heavy atom. The molecule has 9 heteroatoms. The van der Waals surface area contributed by atoms with Crippen LogP contribution in [0.5, 0.6) is 0 Å². The van der Waals surface area contributed by atoms with Gasteiger partial charge in [-0.3, -0.25) is 4.79 Å². The van der Waals surface area contributed by atoms with Crippen LogP contribution >= 0.6 is 0 Å². The van der Waals surface area contributed by atoms with Crippen LogP contribution in [-0.2, 0) is 6.42 Å². The number of rotatable bonds is 6. The molecule has 2 saturated heterocycles. The van der Waals surface area contributed by atoms with Gasteiger partial charge in [0.15, 0.2) is 5.82 Å². The summed E-state index contributed by atoms with van der Waals surface area (Å²) >= 11 is 0. The van der Waals surface area contributed by atoms with Gasteiger partial charge < -0.3 is 19.8 Å². The molecule has 41 heavy (non-hydrogen) atoms. The lowest BCUT2D eigenvalue weighted by molar-refractivity contribution is 0.0697. The van der Waals surface area contributed by atoms with Crippen LogP contribution in [0.2, 0.25) is 0 Å². The minimum Gasteiger partial charge on any atom is -0.394 e. The highest BCUT2D eigenvalue weighted by Crippen LogP contribution is 2.32. The van der Waals surface area contributed by atoms with Crippen molar-refractivity contribution < 1.29 is 14.3 Å². The van der Waals surface area contributed by atoms with Gasteiger partial charge in [0.05, 0.1) is 23.9 Å². The molecule has 0 spiro atoms. The molecule has 2 aliphatic rings. The Hall–Kier alpha value is -4.03. The number of aryl methyl sites for hydroxylation is 2. The van der Waals surface area contributed by atoms with Gasteiger partial charge in [-0.15, -0.1) is 5.10 Å². The molecule has 214 valence electrons. The van der Waals surface area contributed by atoms with Crippen molar-refractivity contribution in [3.05, 3.63) is 81.8 Å². The van der Waals surface area contributed by atoms with Gasteiger partial charge in [-0.05, 0) is 98.5 Å². The Kier molecular flexibility index (Phi) is 8.50. The first-order valence-corrected chi connectivity index (χ1v) is 14.3. The van der Waals surface area contributed by atoms with Crippen LogP contribution in [0.4, 0.5) is 15.9 Å². The first-order chi connectivity index (χ1) is 19.8. The van der Waals surface area contributed by atoms with Crippen molar-refractivity contribution in [2.45, 2.75) is 46.1 Å². The second-order valence-electron chi connectivity index (χ2n) is 11.3. The molecule has 3 aromatic rings. The van der Waals surface area contributed by atoms with Crippen molar-refractivity contribution in [1.29, 1.82) is 5.26 Å². The SMILES string of the molecule is Cc1cc(C)c(C(=O)N2CCN(c3cccnn3)[C@H](CO)C2)c(C)c1CC1CCN(c2ccc(F)cc2C#N)CC1. The maximum absolute atomic E-state index is 13.9. The van der Waals surface area contributed by atoms with Crippen molar-refractivity contribution in [2.75, 3.05) is 49.1 Å². The standard InChI is InChI=1S/C32H37FN6O2/c1-21-15-22(2)31(32(41)38-13-14-39(27(19-38)20-40)30-5-4-10-35-36-30)23(3)28(21)16-24-8-11-37(12-9-24)29-7-6-26(33)17-25(29)18-34/h4-7,10,15,17,24,27,40H,8-9,11-14,16,19-20H2,1-3H3/t27-/m0/s1. The van der Waals surface area contributed by atoms with Gasteiger partial charge in [0.25, 0.3) is 5.91 Å². The molecule has 5 rings (SSSR count). The summed E-state index contributed by atoms with van der Waals surface area (Å²) in [6.07, 6.45) is 4.43. The van der Waals surface area contributed by atoms with Gasteiger partial charge in [-0.1, -0.05) is 6.07 Å². The van der Waals surface area contributed by atoms with Crippen LogP contribution in [0, 0.1) is 43.8 Å². The normalized spacial score (nSPS) is 18.0. The van der Waals surface area contributed by atoms with E-state index in [2.05, 4.69) is 41.1 Å². The van der Waals surface area contributed by atoms with Gasteiger partial charge in [0.1, 0.15) is 11.9 Å². The number of halogens is 1. The molecule has 1 amide bonds. The highest BCUT2D eigenvalue weighted by Gasteiger charge is 2.32. The number of anilines is 2. The van der Waals surface area contributed by atoms with Crippen LogP contribution in [-0.4, -0.2) is 71.5 Å². The average Bonchev–Trinajstić information content (AvgIpc) is 2.99. The van der Waals surface area contributed by atoms with E-state index in [1.165, 1.54) is 23.3 Å². The van der Waals surface area contributed by atoms with E-state index in [0.717, 1.165) is 54.7 Å². The minimum atomic E-state index is -0.393. The second-order valence-corrected chi connectivity index (χ2v) is 11.3. The van der Waals surface area contributed by atoms with Crippen LogP contribution in [0.3, 0.4) is 0 Å². The molecule has 1 N–H and O–H groups in total. The van der Waals surface area contributed by atoms with E-state index in [4.69, 9.17) is 0 Å². The number of hydrogen-bond acceptors (Lipinski definition) is 7. The molecule has 2 aliphatic heterocycles. The molecule has 0 unspecified atom stereocenters. The molecule has 3 heterocycles. The van der Waals surface area contributed by atoms with Crippen molar-refractivity contribution in [3.63, 3.8) is 0 Å². The van der Waals surface area contributed by atoms with E-state index in [1.54, 1.807) is 12.3 Å². The van der Waals surface area contributed by atoms with E-state index >= 15 is 0 Å². The number of aromatic nitrogens is 2. The fourth-order valence-corrected chi connectivity index (χ4v) is 6.51. The number of hydrogen-bond donors (Lipinski definition) is 1. The zero-order chi connectivity index (χ0) is 29.1. The van der Waals surface area contributed by atoms with Crippen molar-refractivity contribution in [1.82, 2.24) is 15.1 Å². The van der Waals surface area contributed by atoms with E-state index in [1.807, 2.05) is 28.9 Å². The summed E-state index contributed by atoms with van der Waals surface area (Å²) in [4.78, 5) is 20.0. The third-order valence-electron chi connectivity index (χ3n) is 8.71. The predicted molar refractivity (Wildman–Crippen MR) is 157 cm³/mol. The minimum absolute atomic E-state index is 0.00802. The van der Waals surface area contributed by atoms with E-state index < -0.39 is 5.82 Å². The van der Waals surface area contributed by atoms with Crippen molar-refractivity contribution in [2.24, 2.45) is 5.92 Å². The van der Waals surface area contributed by atoms with Gasteiger partial charge in [-0.25, -0.2) is 4.39 Å². The maximum atomic E-state index is 13.9. The molecule has 8 nitrogen and oxygen atoms in total. The number of carbonyl (C=O) groups is 1. The maximum Gasteiger partial charge on any atom is 0.254 e. The Balaban J connectivity index is 1.29. The van der Waals surface area contributed by atoms with Crippen LogP contribution in [0.25, 0.3) is 0 Å². The van der Waals surface area contributed by atoms with Gasteiger partial charge >= 0.3 is 0 Å². The number of aliphatic hydroxyl groups is 1. The largest absolute Gasteiger partial charge is 0.394 e. The Bertz CT molecular complexity index is 1450. The summed E-state index contributed by atoms with van der Waals surface area (Å²) in [5, 5.41) is 27.8. The Morgan fingerprint density at radius 1 is 1.10 bits per heavy atom. The second kappa shape index (κ2) is 12.2. The smallest absolute Gasteiger partial charge is 0.254 e. The number of nitriles is 1. The predicted octanol–water partition coefficient (Wildman–Crippen LogP) is 4.20. The summed E-state index contributed by atoms with van der Waals surface area (Å²) in [6, 6.07) is 12.1. The Morgan fingerprint density at radius 3 is 2.56 bits per heavy atom. The number of nitrogens with zero attached hydrogens (tertiary/aromatic N) is 6. The van der Waals surface area contributed by atoms with Gasteiger partial charge in [0.2, 0.25) is 0 Å². The first kappa shape index (κ1) is 28.5. The molecular formula is C32H37FN6O2. The molecule has 0 saturated carbocycles. The third kappa shape index (κ3) is 5.89. The monoisotopic (exact) mass is 556 g/mol. The number of amides is 1. The summed E-state index contributed by atoms with van der Waals surface area (Å²) in [5.41, 5.74) is 6.37. The summed E-state index contributed by atoms with van der Waals surface area (Å²) < 4.78 is 13.6. The molecule has 0 aliphatic carbocycles. The Labute approximate surface area is 241 Å². The lowest BCUT2D eigenvalue weighted by Crippen LogP contribution is -2.56. The zero-order valence-electron chi connectivity index (χ0n) is 24.0. The number of carbonyl (C=O) groups excluding carboxylic acids is 1. The molecule has 2 fully saturated rings. The van der Waals surface area contributed by atoms with Crippen LogP contribution in [0.1, 0.15) is 51.0 Å². The topological polar surface area (TPSA) is 96.6 Å². The highest BCUT2D eigenvalue weighted by atomic mass is 19.1. The third-order valence-corrected chi connectivity index (χ3v) is 8.71. The summed E-state index contributed by atoms with van der Waals surface area (Å²) in [5.74, 6) is 0.774. The number of benzene rings is 2. The zero-order valence-corrected chi connectivity index (χ0v) is 24.0. The molecular weight excluding hydrogens is 519 g/mol. The molecule has 0 radical (unpaired) electrons. The first-order valence-electron chi connectivity index (χ1n) is 14.3. The quantitative estimate of drug-likeness (QED) is 0.486. The number of piperazine rings is 1.